The van der Waals surface area contributed by atoms with Crippen molar-refractivity contribution in [3.63, 3.8) is 0 Å². The van der Waals surface area contributed by atoms with Gasteiger partial charge in [0.2, 0.25) is 0 Å². The molecule has 1 aliphatic heterocycles. The monoisotopic (exact) mass is 327 g/mol. The van der Waals surface area contributed by atoms with Crippen LogP contribution in [0.2, 0.25) is 0 Å². The van der Waals surface area contributed by atoms with E-state index in [0.717, 1.165) is 9.69 Å². The van der Waals surface area contributed by atoms with Crippen molar-refractivity contribution in [3.05, 3.63) is 17.3 Å². The summed E-state index contributed by atoms with van der Waals surface area (Å²) in [6.45, 7) is 2.59. The van der Waals surface area contributed by atoms with Crippen LogP contribution in [0.3, 0.4) is 0 Å². The van der Waals surface area contributed by atoms with Crippen molar-refractivity contribution in [2.75, 3.05) is 5.43 Å². The van der Waals surface area contributed by atoms with Gasteiger partial charge in [-0.15, -0.1) is 11.3 Å². The van der Waals surface area contributed by atoms with E-state index in [-0.39, 0.29) is 12.4 Å². The highest BCUT2D eigenvalue weighted by molar-refractivity contribution is 7.94. The van der Waals surface area contributed by atoms with Crippen LogP contribution in [0.15, 0.2) is 11.4 Å². The summed E-state index contributed by atoms with van der Waals surface area (Å²) >= 11 is 1.38. The van der Waals surface area contributed by atoms with E-state index in [0.29, 0.717) is 10.6 Å². The zero-order valence-corrected chi connectivity index (χ0v) is 13.0. The van der Waals surface area contributed by atoms with Gasteiger partial charge in [0.05, 0.1) is 11.9 Å². The molecule has 1 amide bonds. The number of nitrogens with zero attached hydrogens (tertiary/aromatic N) is 3. The van der Waals surface area contributed by atoms with E-state index >= 15 is 0 Å². The Morgan fingerprint density at radius 3 is 2.76 bits per heavy atom. The first kappa shape index (κ1) is 14.2. The molecular weight excluding hydrogens is 314 g/mol. The first-order valence-corrected chi connectivity index (χ1v) is 8.38. The van der Waals surface area contributed by atoms with Gasteiger partial charge in [0, 0.05) is 0 Å². The second-order valence-electron chi connectivity index (χ2n) is 5.10. The summed E-state index contributed by atoms with van der Waals surface area (Å²) in [4.78, 5) is 21.0. The number of hydrogen-bond donors (Lipinski definition) is 2. The maximum Gasteiger partial charge on any atom is 0.259 e. The number of nitrogens with two attached hydrogens (primary N) is 1. The third kappa shape index (κ3) is 1.83. The molecule has 0 unspecified atom stereocenters. The number of hydrazine groups is 1. The lowest BCUT2D eigenvalue weighted by Gasteiger charge is -2.42. The van der Waals surface area contributed by atoms with Crippen LogP contribution in [0.4, 0.5) is 5.82 Å². The number of aromatic nitrogens is 2. The van der Waals surface area contributed by atoms with E-state index in [4.69, 9.17) is 5.84 Å². The Labute approximate surface area is 125 Å². The van der Waals surface area contributed by atoms with Crippen LogP contribution in [0.25, 0.3) is 10.2 Å². The van der Waals surface area contributed by atoms with Gasteiger partial charge in [-0.25, -0.2) is 28.5 Å². The lowest BCUT2D eigenvalue weighted by Crippen LogP contribution is -2.66. The van der Waals surface area contributed by atoms with Crippen molar-refractivity contribution in [3.8, 4) is 0 Å². The van der Waals surface area contributed by atoms with Crippen LogP contribution >= 0.6 is 11.3 Å². The Kier molecular flexibility index (Phi) is 2.94. The molecule has 0 spiro atoms. The molecule has 0 radical (unpaired) electrons. The molecule has 0 saturated carbocycles. The van der Waals surface area contributed by atoms with Crippen molar-refractivity contribution in [2.45, 2.75) is 25.1 Å². The number of thiophene rings is 1. The van der Waals surface area contributed by atoms with Crippen molar-refractivity contribution in [1.29, 1.82) is 0 Å². The summed E-state index contributed by atoms with van der Waals surface area (Å²) < 4.78 is 23.5. The summed E-state index contributed by atoms with van der Waals surface area (Å²) in [6, 6.07) is 1.81. The molecule has 21 heavy (non-hydrogen) atoms. The number of carbonyl (C=O) groups excluding carboxylic acids is 1. The maximum atomic E-state index is 12.1. The molecule has 0 aromatic carbocycles. The molecule has 3 N–H and O–H groups in total. The zero-order valence-electron chi connectivity index (χ0n) is 11.3. The Morgan fingerprint density at radius 2 is 2.14 bits per heavy atom. The number of nitrogen functional groups attached to an aromatic ring is 1. The molecule has 2 aromatic heterocycles. The number of nitrogens with one attached hydrogen (secondary N) is 1. The van der Waals surface area contributed by atoms with Gasteiger partial charge in [0.25, 0.3) is 15.9 Å². The number of fused-ring (bicyclic) bond motifs is 1. The van der Waals surface area contributed by atoms with Gasteiger partial charge in [-0.05, 0) is 25.3 Å². The van der Waals surface area contributed by atoms with Gasteiger partial charge in [0.1, 0.15) is 4.83 Å². The number of anilines is 1. The Hall–Kier alpha value is -1.78. The predicted molar refractivity (Wildman–Crippen MR) is 78.8 cm³/mol. The Balaban J connectivity index is 1.98. The van der Waals surface area contributed by atoms with Gasteiger partial charge in [-0.2, -0.15) is 0 Å². The van der Waals surface area contributed by atoms with Crippen LogP contribution in [0.5, 0.6) is 0 Å². The molecule has 0 atom stereocenters. The lowest BCUT2D eigenvalue weighted by atomic mass is 10.2. The lowest BCUT2D eigenvalue weighted by molar-refractivity contribution is -0.132. The van der Waals surface area contributed by atoms with Gasteiger partial charge < -0.3 is 5.43 Å². The van der Waals surface area contributed by atoms with Crippen LogP contribution in [-0.2, 0) is 21.4 Å². The quantitative estimate of drug-likeness (QED) is 0.620. The normalized spacial score (nSPS) is 19.6. The first-order valence-electron chi connectivity index (χ1n) is 6.06. The SMILES string of the molecule is CC1(C)C(=O)N(Cc2nc(NN)c3ccsc3n2)S1(=O)=O. The number of carbonyl (C=O) groups is 1. The molecule has 0 aliphatic carbocycles. The molecule has 112 valence electrons. The average molecular weight is 327 g/mol. The molecule has 1 saturated heterocycles. The second-order valence-corrected chi connectivity index (χ2v) is 8.41. The fraction of sp³-hybridized carbons (Fsp3) is 0.364. The molecule has 2 aromatic rings. The molecular formula is C11H13N5O3S2. The van der Waals surface area contributed by atoms with Gasteiger partial charge in [-0.1, -0.05) is 0 Å². The molecule has 10 heteroatoms. The van der Waals surface area contributed by atoms with Crippen molar-refractivity contribution in [2.24, 2.45) is 5.84 Å². The topological polar surface area (TPSA) is 118 Å². The zero-order chi connectivity index (χ0) is 15.4. The molecule has 0 bridgehead atoms. The Bertz CT molecular complexity index is 843. The van der Waals surface area contributed by atoms with E-state index in [1.165, 1.54) is 25.2 Å². The van der Waals surface area contributed by atoms with Crippen molar-refractivity contribution in [1.82, 2.24) is 14.3 Å². The average Bonchev–Trinajstić information content (AvgIpc) is 2.90. The van der Waals surface area contributed by atoms with E-state index in [2.05, 4.69) is 15.4 Å². The van der Waals surface area contributed by atoms with Crippen LogP contribution < -0.4 is 11.3 Å². The fourth-order valence-electron chi connectivity index (χ4n) is 2.12. The third-order valence-electron chi connectivity index (χ3n) is 3.47. The van der Waals surface area contributed by atoms with Gasteiger partial charge >= 0.3 is 0 Å². The largest absolute Gasteiger partial charge is 0.308 e. The summed E-state index contributed by atoms with van der Waals surface area (Å²) in [5, 5.41) is 2.59. The van der Waals surface area contributed by atoms with Gasteiger partial charge in [-0.3, -0.25) is 4.79 Å². The predicted octanol–water partition coefficient (Wildman–Crippen LogP) is 0.427. The van der Waals surface area contributed by atoms with Crippen molar-refractivity contribution >= 4 is 43.3 Å². The first-order chi connectivity index (χ1) is 9.79. The van der Waals surface area contributed by atoms with Gasteiger partial charge in [0.15, 0.2) is 16.4 Å². The van der Waals surface area contributed by atoms with E-state index in [1.54, 1.807) is 0 Å². The highest BCUT2D eigenvalue weighted by atomic mass is 32.2. The van der Waals surface area contributed by atoms with E-state index in [1.807, 2.05) is 11.4 Å². The summed E-state index contributed by atoms with van der Waals surface area (Å²) in [7, 11) is -3.65. The minimum atomic E-state index is -3.65. The number of hydrogen-bond acceptors (Lipinski definition) is 8. The third-order valence-corrected chi connectivity index (χ3v) is 6.62. The van der Waals surface area contributed by atoms with Crippen molar-refractivity contribution < 1.29 is 13.2 Å². The van der Waals surface area contributed by atoms with Crippen LogP contribution in [-0.4, -0.2) is 33.3 Å². The fourth-order valence-corrected chi connectivity index (χ4v) is 4.39. The summed E-state index contributed by atoms with van der Waals surface area (Å²) in [6.07, 6.45) is 0. The molecule has 3 rings (SSSR count). The second kappa shape index (κ2) is 4.36. The van der Waals surface area contributed by atoms with E-state index in [9.17, 15) is 13.2 Å². The standard InChI is InChI=1S/C11H13N5O3S2/c1-11(2)10(17)16(21(11,18)19)5-7-13-8(15-12)6-3-4-20-9(6)14-7/h3-4H,5,12H2,1-2H3,(H,13,14,15). The smallest absolute Gasteiger partial charge is 0.259 e. The number of amides is 1. The van der Waals surface area contributed by atoms with Crippen LogP contribution in [0, 0.1) is 0 Å². The Morgan fingerprint density at radius 1 is 1.43 bits per heavy atom. The highest BCUT2D eigenvalue weighted by Crippen LogP contribution is 2.36. The molecule has 1 fully saturated rings. The van der Waals surface area contributed by atoms with Crippen LogP contribution in [0.1, 0.15) is 19.7 Å². The minimum Gasteiger partial charge on any atom is -0.308 e. The number of sulfonamides is 1. The minimum absolute atomic E-state index is 0.187. The summed E-state index contributed by atoms with van der Waals surface area (Å²) in [5.74, 6) is 5.58. The molecule has 1 aliphatic rings. The number of rotatable bonds is 3. The molecule has 3 heterocycles. The maximum absolute atomic E-state index is 12.1. The molecule has 8 nitrogen and oxygen atoms in total. The van der Waals surface area contributed by atoms with E-state index < -0.39 is 20.7 Å². The summed E-state index contributed by atoms with van der Waals surface area (Å²) in [5.41, 5.74) is 2.46. The highest BCUT2D eigenvalue weighted by Gasteiger charge is 2.60.